The van der Waals surface area contributed by atoms with Gasteiger partial charge in [-0.05, 0) is 22.0 Å². The van der Waals surface area contributed by atoms with Crippen molar-refractivity contribution in [3.8, 4) is 0 Å². The van der Waals surface area contributed by atoms with Gasteiger partial charge in [0.15, 0.2) is 0 Å². The van der Waals surface area contributed by atoms with E-state index in [0.717, 1.165) is 36.2 Å². The van der Waals surface area contributed by atoms with Crippen molar-refractivity contribution < 1.29 is 5.21 Å². The normalized spacial score (nSPS) is 25.1. The van der Waals surface area contributed by atoms with Crippen molar-refractivity contribution in [2.24, 2.45) is 11.1 Å². The zero-order valence-corrected chi connectivity index (χ0v) is 11.6. The summed E-state index contributed by atoms with van der Waals surface area (Å²) < 4.78 is 1.16. The fourth-order valence-electron chi connectivity index (χ4n) is 2.05. The summed E-state index contributed by atoms with van der Waals surface area (Å²) >= 11 is 5.25. The third-order valence-electron chi connectivity index (χ3n) is 2.91. The van der Waals surface area contributed by atoms with Crippen LogP contribution in [0.15, 0.2) is 21.1 Å². The number of oxime groups is 1. The lowest BCUT2D eigenvalue weighted by atomic mass is 9.98. The van der Waals surface area contributed by atoms with Crippen LogP contribution in [-0.2, 0) is 6.54 Å². The van der Waals surface area contributed by atoms with E-state index in [1.165, 1.54) is 4.88 Å². The van der Waals surface area contributed by atoms with Crippen molar-refractivity contribution in [3.63, 3.8) is 0 Å². The Labute approximate surface area is 108 Å². The average molecular weight is 303 g/mol. The molecule has 88 valence electrons. The molecule has 1 aromatic rings. The number of halogens is 1. The van der Waals surface area contributed by atoms with E-state index >= 15 is 0 Å². The second-order valence-corrected chi connectivity index (χ2v) is 6.12. The van der Waals surface area contributed by atoms with Crippen LogP contribution in [0, 0.1) is 5.92 Å². The van der Waals surface area contributed by atoms with E-state index in [9.17, 15) is 0 Å². The Morgan fingerprint density at radius 1 is 1.69 bits per heavy atom. The maximum atomic E-state index is 8.81. The number of piperidine rings is 1. The predicted octanol–water partition coefficient (Wildman–Crippen LogP) is 3.18. The average Bonchev–Trinajstić information content (AvgIpc) is 2.64. The Kier molecular flexibility index (Phi) is 4.00. The molecule has 2 heterocycles. The molecule has 0 amide bonds. The fourth-order valence-corrected chi connectivity index (χ4v) is 3.54. The summed E-state index contributed by atoms with van der Waals surface area (Å²) in [7, 11) is 0. The lowest BCUT2D eigenvalue weighted by molar-refractivity contribution is 0.230. The van der Waals surface area contributed by atoms with Crippen LogP contribution in [0.4, 0.5) is 0 Å². The minimum atomic E-state index is 0.363. The van der Waals surface area contributed by atoms with Gasteiger partial charge in [-0.3, -0.25) is 4.90 Å². The molecule has 1 aliphatic heterocycles. The van der Waals surface area contributed by atoms with Crippen molar-refractivity contribution in [2.75, 3.05) is 13.1 Å². The second-order valence-electron chi connectivity index (χ2n) is 4.21. The third-order valence-corrected chi connectivity index (χ3v) is 4.60. The highest BCUT2D eigenvalue weighted by molar-refractivity contribution is 9.10. The van der Waals surface area contributed by atoms with E-state index in [1.54, 1.807) is 11.3 Å². The molecule has 1 unspecified atom stereocenters. The third kappa shape index (κ3) is 2.84. The summed E-state index contributed by atoms with van der Waals surface area (Å²) in [5.74, 6) is 0.363. The topological polar surface area (TPSA) is 35.8 Å². The summed E-state index contributed by atoms with van der Waals surface area (Å²) in [6.07, 6.45) is 0.879. The summed E-state index contributed by atoms with van der Waals surface area (Å²) in [4.78, 5) is 3.79. The maximum absolute atomic E-state index is 8.81. The molecule has 1 aromatic heterocycles. The van der Waals surface area contributed by atoms with E-state index in [-0.39, 0.29) is 0 Å². The molecule has 1 fully saturated rings. The van der Waals surface area contributed by atoms with Gasteiger partial charge in [0, 0.05) is 46.7 Å². The van der Waals surface area contributed by atoms with Gasteiger partial charge >= 0.3 is 0 Å². The molecule has 5 heteroatoms. The Morgan fingerprint density at radius 2 is 2.50 bits per heavy atom. The molecule has 1 N–H and O–H groups in total. The highest BCUT2D eigenvalue weighted by atomic mass is 79.9. The molecule has 0 aromatic carbocycles. The van der Waals surface area contributed by atoms with Gasteiger partial charge in [-0.25, -0.2) is 0 Å². The number of hydrogen-bond acceptors (Lipinski definition) is 4. The van der Waals surface area contributed by atoms with Crippen LogP contribution in [-0.4, -0.2) is 28.9 Å². The molecule has 1 aliphatic rings. The van der Waals surface area contributed by atoms with Gasteiger partial charge in [-0.1, -0.05) is 12.1 Å². The van der Waals surface area contributed by atoms with Crippen LogP contribution in [0.2, 0.25) is 0 Å². The Balaban J connectivity index is 1.93. The Bertz CT molecular complexity index is 391. The van der Waals surface area contributed by atoms with Crippen molar-refractivity contribution >= 4 is 33.0 Å². The van der Waals surface area contributed by atoms with Crippen molar-refractivity contribution in [1.29, 1.82) is 0 Å². The lowest BCUT2D eigenvalue weighted by Crippen LogP contribution is -2.39. The maximum Gasteiger partial charge on any atom is 0.0624 e. The number of rotatable bonds is 2. The molecule has 0 spiro atoms. The standard InChI is InChI=1S/C11H15BrN2OS/c1-8-5-14(3-2-11(8)13-15)6-10-4-9(12)7-16-10/h4,7-8,15H,2-3,5-6H2,1H3. The van der Waals surface area contributed by atoms with Crippen LogP contribution in [0.25, 0.3) is 0 Å². The van der Waals surface area contributed by atoms with Crippen molar-refractivity contribution in [1.82, 2.24) is 4.90 Å². The van der Waals surface area contributed by atoms with Gasteiger partial charge in [0.2, 0.25) is 0 Å². The molecule has 2 rings (SSSR count). The first-order valence-corrected chi connectivity index (χ1v) is 7.02. The molecule has 0 saturated carbocycles. The van der Waals surface area contributed by atoms with Crippen LogP contribution in [0.1, 0.15) is 18.2 Å². The number of thiophene rings is 1. The van der Waals surface area contributed by atoms with Gasteiger partial charge in [0.1, 0.15) is 0 Å². The smallest absolute Gasteiger partial charge is 0.0624 e. The highest BCUT2D eigenvalue weighted by Crippen LogP contribution is 2.23. The first kappa shape index (κ1) is 12.1. The largest absolute Gasteiger partial charge is 0.411 e. The van der Waals surface area contributed by atoms with Crippen LogP contribution in [0.5, 0.6) is 0 Å². The molecular weight excluding hydrogens is 288 g/mol. The predicted molar refractivity (Wildman–Crippen MR) is 70.3 cm³/mol. The minimum Gasteiger partial charge on any atom is -0.411 e. The molecule has 0 aliphatic carbocycles. The summed E-state index contributed by atoms with van der Waals surface area (Å²) in [6.45, 7) is 5.08. The van der Waals surface area contributed by atoms with Gasteiger partial charge in [-0.15, -0.1) is 11.3 Å². The van der Waals surface area contributed by atoms with Crippen molar-refractivity contribution in [3.05, 3.63) is 20.8 Å². The first-order valence-electron chi connectivity index (χ1n) is 5.35. The van der Waals surface area contributed by atoms with Gasteiger partial charge < -0.3 is 5.21 Å². The molecule has 0 radical (unpaired) electrons. The molecule has 1 saturated heterocycles. The van der Waals surface area contributed by atoms with E-state index in [2.05, 4.69) is 44.4 Å². The SMILES string of the molecule is CC1CN(Cc2cc(Br)cs2)CCC1=NO. The van der Waals surface area contributed by atoms with E-state index in [4.69, 9.17) is 5.21 Å². The number of likely N-dealkylation sites (tertiary alicyclic amines) is 1. The number of nitrogens with zero attached hydrogens (tertiary/aromatic N) is 2. The zero-order valence-electron chi connectivity index (χ0n) is 9.19. The zero-order chi connectivity index (χ0) is 11.5. The number of hydrogen-bond donors (Lipinski definition) is 1. The fraction of sp³-hybridized carbons (Fsp3) is 0.545. The quantitative estimate of drug-likeness (QED) is 0.673. The summed E-state index contributed by atoms with van der Waals surface area (Å²) in [5.41, 5.74) is 0.934. The van der Waals surface area contributed by atoms with Gasteiger partial charge in [-0.2, -0.15) is 0 Å². The Morgan fingerprint density at radius 3 is 3.06 bits per heavy atom. The van der Waals surface area contributed by atoms with Gasteiger partial charge in [0.05, 0.1) is 5.71 Å². The van der Waals surface area contributed by atoms with E-state index in [1.807, 2.05) is 0 Å². The second kappa shape index (κ2) is 5.29. The summed E-state index contributed by atoms with van der Waals surface area (Å²) in [5, 5.41) is 14.3. The monoisotopic (exact) mass is 302 g/mol. The lowest BCUT2D eigenvalue weighted by Gasteiger charge is -2.30. The van der Waals surface area contributed by atoms with Crippen LogP contribution < -0.4 is 0 Å². The van der Waals surface area contributed by atoms with Crippen molar-refractivity contribution in [2.45, 2.75) is 19.9 Å². The molecule has 16 heavy (non-hydrogen) atoms. The minimum absolute atomic E-state index is 0.363. The molecule has 0 bridgehead atoms. The van der Waals surface area contributed by atoms with E-state index in [0.29, 0.717) is 5.92 Å². The molecule has 1 atom stereocenters. The molecule has 3 nitrogen and oxygen atoms in total. The summed E-state index contributed by atoms with van der Waals surface area (Å²) in [6, 6.07) is 2.17. The Hall–Kier alpha value is -0.390. The van der Waals surface area contributed by atoms with E-state index < -0.39 is 0 Å². The highest BCUT2D eigenvalue weighted by Gasteiger charge is 2.22. The first-order chi connectivity index (χ1) is 7.69. The molecular formula is C11H15BrN2OS. The van der Waals surface area contributed by atoms with Crippen LogP contribution >= 0.6 is 27.3 Å². The van der Waals surface area contributed by atoms with Gasteiger partial charge in [0.25, 0.3) is 0 Å². The van der Waals surface area contributed by atoms with Crippen LogP contribution in [0.3, 0.4) is 0 Å².